The third-order valence-electron chi connectivity index (χ3n) is 4.28. The summed E-state index contributed by atoms with van der Waals surface area (Å²) in [5.74, 6) is 0.920. The molecule has 25 heavy (non-hydrogen) atoms. The minimum Gasteiger partial charge on any atom is -0.494 e. The van der Waals surface area contributed by atoms with Gasteiger partial charge in [-0.15, -0.1) is 11.6 Å². The van der Waals surface area contributed by atoms with Crippen LogP contribution in [-0.2, 0) is 0 Å². The maximum absolute atomic E-state index is 6.59. The van der Waals surface area contributed by atoms with Gasteiger partial charge in [0.15, 0.2) is 0 Å². The second-order valence-electron chi connectivity index (χ2n) is 7.77. The molecule has 1 unspecified atom stereocenters. The van der Waals surface area contributed by atoms with Gasteiger partial charge in [0.05, 0.1) is 39.7 Å². The number of aryl methyl sites for hydroxylation is 1. The normalized spacial score (nSPS) is 12.8. The molecule has 0 saturated heterocycles. The number of hydrogen-bond donors (Lipinski definition) is 0. The van der Waals surface area contributed by atoms with Crippen LogP contribution in [0, 0.1) is 6.92 Å². The molecule has 2 aromatic rings. The highest BCUT2D eigenvalue weighted by molar-refractivity contribution is 6.22. The zero-order valence-corrected chi connectivity index (χ0v) is 16.7. The van der Waals surface area contributed by atoms with E-state index in [-0.39, 0.29) is 5.38 Å². The van der Waals surface area contributed by atoms with Crippen molar-refractivity contribution in [1.82, 2.24) is 0 Å². The van der Waals surface area contributed by atoms with Gasteiger partial charge in [0, 0.05) is 0 Å². The van der Waals surface area contributed by atoms with Crippen molar-refractivity contribution in [3.8, 4) is 5.75 Å². The number of ether oxygens (including phenoxy) is 1. The average Bonchev–Trinajstić information content (AvgIpc) is 2.58. The topological polar surface area (TPSA) is 9.23 Å². The fourth-order valence-electron chi connectivity index (χ4n) is 2.72. The number of alkyl halides is 1. The SMILES string of the molecule is Cc1ccc(C(Cl)c2ccc(OCCCCC[N+](C)(C)C)cc2)cc1. The van der Waals surface area contributed by atoms with Crippen molar-refractivity contribution in [3.05, 3.63) is 65.2 Å². The van der Waals surface area contributed by atoms with Crippen LogP contribution in [0.3, 0.4) is 0 Å². The van der Waals surface area contributed by atoms with Crippen molar-refractivity contribution in [2.75, 3.05) is 34.3 Å². The van der Waals surface area contributed by atoms with Gasteiger partial charge >= 0.3 is 0 Å². The Bertz CT molecular complexity index is 629. The molecular weight excluding hydrogens is 330 g/mol. The van der Waals surface area contributed by atoms with E-state index in [9.17, 15) is 0 Å². The maximum Gasteiger partial charge on any atom is 0.119 e. The van der Waals surface area contributed by atoms with Gasteiger partial charge in [0.25, 0.3) is 0 Å². The lowest BCUT2D eigenvalue weighted by molar-refractivity contribution is -0.870. The molecule has 3 heteroatoms. The van der Waals surface area contributed by atoms with E-state index < -0.39 is 0 Å². The lowest BCUT2D eigenvalue weighted by Crippen LogP contribution is -2.35. The molecule has 0 aliphatic carbocycles. The minimum absolute atomic E-state index is 0.120. The molecule has 136 valence electrons. The van der Waals surface area contributed by atoms with E-state index in [4.69, 9.17) is 16.3 Å². The molecule has 0 radical (unpaired) electrons. The summed E-state index contributed by atoms with van der Waals surface area (Å²) in [7, 11) is 6.70. The molecule has 2 aromatic carbocycles. The number of halogens is 1. The summed E-state index contributed by atoms with van der Waals surface area (Å²) in [6.45, 7) is 4.07. The third-order valence-corrected chi connectivity index (χ3v) is 4.79. The summed E-state index contributed by atoms with van der Waals surface area (Å²) in [5.41, 5.74) is 3.47. The molecule has 0 amide bonds. The average molecular weight is 361 g/mol. The van der Waals surface area contributed by atoms with Crippen LogP contribution in [0.5, 0.6) is 5.75 Å². The Morgan fingerprint density at radius 1 is 0.840 bits per heavy atom. The minimum atomic E-state index is -0.120. The number of quaternary nitrogens is 1. The van der Waals surface area contributed by atoms with Gasteiger partial charge in [-0.05, 0) is 49.4 Å². The lowest BCUT2D eigenvalue weighted by atomic mass is 10.0. The van der Waals surface area contributed by atoms with Crippen LogP contribution in [0.1, 0.15) is 41.3 Å². The van der Waals surface area contributed by atoms with E-state index in [1.807, 2.05) is 12.1 Å². The first-order valence-corrected chi connectivity index (χ1v) is 9.53. The summed E-state index contributed by atoms with van der Waals surface area (Å²) in [5, 5.41) is -0.120. The molecule has 2 nitrogen and oxygen atoms in total. The molecule has 0 saturated carbocycles. The van der Waals surface area contributed by atoms with Crippen molar-refractivity contribution in [2.45, 2.75) is 31.6 Å². The summed E-state index contributed by atoms with van der Waals surface area (Å²) >= 11 is 6.59. The van der Waals surface area contributed by atoms with E-state index in [0.717, 1.165) is 34.4 Å². The van der Waals surface area contributed by atoms with E-state index in [1.54, 1.807) is 0 Å². The first kappa shape index (κ1) is 19.8. The van der Waals surface area contributed by atoms with Crippen molar-refractivity contribution >= 4 is 11.6 Å². The first-order chi connectivity index (χ1) is 11.8. The predicted molar refractivity (Wildman–Crippen MR) is 108 cm³/mol. The second-order valence-corrected chi connectivity index (χ2v) is 8.20. The van der Waals surface area contributed by atoms with E-state index >= 15 is 0 Å². The molecule has 2 rings (SSSR count). The highest BCUT2D eigenvalue weighted by Crippen LogP contribution is 2.30. The Kier molecular flexibility index (Phi) is 7.34. The number of unbranched alkanes of at least 4 members (excludes halogenated alkanes) is 2. The van der Waals surface area contributed by atoms with E-state index in [2.05, 4.69) is 64.5 Å². The number of benzene rings is 2. The Labute approximate surface area is 158 Å². The molecular formula is C22H31ClNO+. The van der Waals surface area contributed by atoms with Crippen LogP contribution in [0.25, 0.3) is 0 Å². The van der Waals surface area contributed by atoms with E-state index in [1.165, 1.54) is 24.9 Å². The Hall–Kier alpha value is -1.51. The number of nitrogens with zero attached hydrogens (tertiary/aromatic N) is 1. The lowest BCUT2D eigenvalue weighted by Gasteiger charge is -2.23. The van der Waals surface area contributed by atoms with Crippen molar-refractivity contribution < 1.29 is 9.22 Å². The predicted octanol–water partition coefficient (Wildman–Crippen LogP) is 5.58. The highest BCUT2D eigenvalue weighted by Gasteiger charge is 2.10. The van der Waals surface area contributed by atoms with Crippen LogP contribution in [0.4, 0.5) is 0 Å². The molecule has 1 atom stereocenters. The molecule has 0 aliphatic heterocycles. The zero-order chi connectivity index (χ0) is 18.3. The maximum atomic E-state index is 6.59. The van der Waals surface area contributed by atoms with E-state index in [0.29, 0.717) is 0 Å². The smallest absolute Gasteiger partial charge is 0.119 e. The van der Waals surface area contributed by atoms with Crippen LogP contribution in [0.2, 0.25) is 0 Å². The van der Waals surface area contributed by atoms with Crippen LogP contribution < -0.4 is 4.74 Å². The third kappa shape index (κ3) is 7.09. The molecule has 0 fully saturated rings. The quantitative estimate of drug-likeness (QED) is 0.322. The van der Waals surface area contributed by atoms with Crippen molar-refractivity contribution in [3.63, 3.8) is 0 Å². The zero-order valence-electron chi connectivity index (χ0n) is 16.0. The first-order valence-electron chi connectivity index (χ1n) is 9.09. The number of rotatable bonds is 9. The van der Waals surface area contributed by atoms with Gasteiger partial charge in [-0.3, -0.25) is 0 Å². The number of hydrogen-bond acceptors (Lipinski definition) is 1. The largest absolute Gasteiger partial charge is 0.494 e. The summed E-state index contributed by atoms with van der Waals surface area (Å²) < 4.78 is 6.88. The Balaban J connectivity index is 1.77. The van der Waals surface area contributed by atoms with Gasteiger partial charge in [0.1, 0.15) is 5.75 Å². The Morgan fingerprint density at radius 3 is 1.96 bits per heavy atom. The Morgan fingerprint density at radius 2 is 1.40 bits per heavy atom. The summed E-state index contributed by atoms with van der Waals surface area (Å²) in [6, 6.07) is 16.5. The van der Waals surface area contributed by atoms with Gasteiger partial charge in [-0.2, -0.15) is 0 Å². The van der Waals surface area contributed by atoms with Gasteiger partial charge < -0.3 is 9.22 Å². The fraction of sp³-hybridized carbons (Fsp3) is 0.455. The van der Waals surface area contributed by atoms with Gasteiger partial charge in [0.2, 0.25) is 0 Å². The molecule has 0 N–H and O–H groups in total. The molecule has 0 spiro atoms. The standard InChI is InChI=1S/C22H31ClNO/c1-18-8-10-19(11-9-18)22(23)20-12-14-21(15-13-20)25-17-7-5-6-16-24(2,3)4/h8-15,22H,5-7,16-17H2,1-4H3/q+1. The summed E-state index contributed by atoms with van der Waals surface area (Å²) in [4.78, 5) is 0. The van der Waals surface area contributed by atoms with Crippen molar-refractivity contribution in [2.24, 2.45) is 0 Å². The molecule has 0 aromatic heterocycles. The monoisotopic (exact) mass is 360 g/mol. The highest BCUT2D eigenvalue weighted by atomic mass is 35.5. The molecule has 0 bridgehead atoms. The molecule has 0 aliphatic rings. The molecule has 0 heterocycles. The van der Waals surface area contributed by atoms with Crippen LogP contribution >= 0.6 is 11.6 Å². The summed E-state index contributed by atoms with van der Waals surface area (Å²) in [6.07, 6.45) is 3.56. The second kappa shape index (κ2) is 9.26. The van der Waals surface area contributed by atoms with Crippen LogP contribution in [0.15, 0.2) is 48.5 Å². The van der Waals surface area contributed by atoms with Gasteiger partial charge in [-0.1, -0.05) is 42.0 Å². The fourth-order valence-corrected chi connectivity index (χ4v) is 3.01. The van der Waals surface area contributed by atoms with Crippen molar-refractivity contribution in [1.29, 1.82) is 0 Å². The van der Waals surface area contributed by atoms with Gasteiger partial charge in [-0.25, -0.2) is 0 Å². The van der Waals surface area contributed by atoms with Crippen LogP contribution in [-0.4, -0.2) is 38.8 Å².